The number of nitrogens with one attached hydrogen (secondary N) is 2. The number of hydrogen-bond donors (Lipinski definition) is 4. The lowest BCUT2D eigenvalue weighted by molar-refractivity contribution is 0.473. The number of benzene rings is 3. The molecule has 4 rings (SSSR count). The molecule has 1 aliphatic heterocycles. The Morgan fingerprint density at radius 3 is 2.53 bits per heavy atom. The van der Waals surface area contributed by atoms with Crippen LogP contribution in [0.3, 0.4) is 0 Å². The highest BCUT2D eigenvalue weighted by atomic mass is 19.1. The van der Waals surface area contributed by atoms with Gasteiger partial charge in [0.2, 0.25) is 0 Å². The zero-order valence-electron chi connectivity index (χ0n) is 20.0. The number of phenols is 1. The maximum Gasteiger partial charge on any atom is 0.126 e. The smallest absolute Gasteiger partial charge is 0.126 e. The van der Waals surface area contributed by atoms with Crippen LogP contribution in [0.15, 0.2) is 72.6 Å². The van der Waals surface area contributed by atoms with Gasteiger partial charge in [-0.3, -0.25) is 0 Å². The quantitative estimate of drug-likeness (QED) is 0.326. The van der Waals surface area contributed by atoms with Crippen LogP contribution in [0, 0.1) is 19.7 Å². The van der Waals surface area contributed by atoms with E-state index in [9.17, 15) is 9.50 Å². The van der Waals surface area contributed by atoms with Crippen molar-refractivity contribution in [2.75, 3.05) is 5.73 Å². The van der Waals surface area contributed by atoms with E-state index in [1.54, 1.807) is 13.0 Å². The maximum atomic E-state index is 13.9. The van der Waals surface area contributed by atoms with E-state index >= 15 is 0 Å². The van der Waals surface area contributed by atoms with Crippen LogP contribution in [-0.4, -0.2) is 5.11 Å². The van der Waals surface area contributed by atoms with Crippen molar-refractivity contribution in [3.05, 3.63) is 112 Å². The molecule has 5 heteroatoms. The Bertz CT molecular complexity index is 1260. The molecule has 1 heterocycles. The molecule has 3 aromatic rings. The third-order valence-corrected chi connectivity index (χ3v) is 6.22. The zero-order chi connectivity index (χ0) is 24.2. The molecular weight excluding hydrogens is 425 g/mol. The van der Waals surface area contributed by atoms with Gasteiger partial charge in [-0.25, -0.2) is 4.39 Å². The van der Waals surface area contributed by atoms with E-state index in [1.807, 2.05) is 43.5 Å². The molecular formula is C29H32FN3O. The van der Waals surface area contributed by atoms with Gasteiger partial charge >= 0.3 is 0 Å². The molecule has 0 amide bonds. The average molecular weight is 458 g/mol. The molecule has 0 radical (unpaired) electrons. The number of anilines is 1. The Morgan fingerprint density at radius 1 is 1.00 bits per heavy atom. The van der Waals surface area contributed by atoms with E-state index in [4.69, 9.17) is 5.73 Å². The van der Waals surface area contributed by atoms with Gasteiger partial charge in [0, 0.05) is 18.4 Å². The van der Waals surface area contributed by atoms with Gasteiger partial charge in [-0.2, -0.15) is 0 Å². The van der Waals surface area contributed by atoms with Gasteiger partial charge in [-0.15, -0.1) is 0 Å². The summed E-state index contributed by atoms with van der Waals surface area (Å²) >= 11 is 0. The zero-order valence-corrected chi connectivity index (χ0v) is 20.0. The Labute approximate surface area is 201 Å². The minimum Gasteiger partial charge on any atom is -0.508 e. The lowest BCUT2D eigenvalue weighted by Crippen LogP contribution is -2.25. The van der Waals surface area contributed by atoms with Crippen LogP contribution in [0.4, 0.5) is 10.1 Å². The largest absolute Gasteiger partial charge is 0.508 e. The second-order valence-electron chi connectivity index (χ2n) is 8.99. The number of hydrogen-bond acceptors (Lipinski definition) is 4. The monoisotopic (exact) mass is 457 g/mol. The summed E-state index contributed by atoms with van der Waals surface area (Å²) in [7, 11) is 0. The summed E-state index contributed by atoms with van der Waals surface area (Å²) in [4.78, 5) is 0. The molecule has 1 aliphatic rings. The maximum absolute atomic E-state index is 13.9. The van der Waals surface area contributed by atoms with E-state index in [-0.39, 0.29) is 11.9 Å². The number of rotatable bonds is 7. The molecule has 1 atom stereocenters. The molecule has 0 spiro atoms. The summed E-state index contributed by atoms with van der Waals surface area (Å²) in [6, 6.07) is 16.9. The highest BCUT2D eigenvalue weighted by Crippen LogP contribution is 2.35. The second-order valence-corrected chi connectivity index (χ2v) is 8.99. The molecule has 0 fully saturated rings. The molecule has 176 valence electrons. The Hall–Kier alpha value is -3.73. The Morgan fingerprint density at radius 2 is 1.79 bits per heavy atom. The summed E-state index contributed by atoms with van der Waals surface area (Å²) in [5, 5.41) is 17.1. The first-order valence-electron chi connectivity index (χ1n) is 11.7. The topological polar surface area (TPSA) is 70.3 Å². The van der Waals surface area contributed by atoms with E-state index in [0.717, 1.165) is 57.6 Å². The third kappa shape index (κ3) is 5.25. The summed E-state index contributed by atoms with van der Waals surface area (Å²) in [6.07, 6.45) is 6.04. The van der Waals surface area contributed by atoms with Crippen molar-refractivity contribution >= 4 is 11.3 Å². The lowest BCUT2D eigenvalue weighted by atomic mass is 9.89. The standard InChI is InChI=1S/C29H32FN3O/c1-4-5-20-12-21(14-25(34)13-20)16-32-24-15-26(22-7-9-28(31)19(3)11-22)29(33-17-24)23-6-8-27(30)18(2)10-23/h6-15,17,29,32-34H,4-5,16,31H2,1-3H3. The average Bonchev–Trinajstić information content (AvgIpc) is 2.81. The summed E-state index contributed by atoms with van der Waals surface area (Å²) in [5.41, 5.74) is 14.7. The number of aryl methyl sites for hydroxylation is 3. The Kier molecular flexibility index (Phi) is 6.92. The van der Waals surface area contributed by atoms with Crippen molar-refractivity contribution in [1.29, 1.82) is 0 Å². The number of nitrogens with two attached hydrogens (primary N) is 1. The minimum atomic E-state index is -0.208. The van der Waals surface area contributed by atoms with E-state index in [2.05, 4.69) is 35.8 Å². The van der Waals surface area contributed by atoms with Gasteiger partial charge < -0.3 is 21.5 Å². The van der Waals surface area contributed by atoms with Gasteiger partial charge in [-0.1, -0.05) is 37.6 Å². The molecule has 0 saturated heterocycles. The summed E-state index contributed by atoms with van der Waals surface area (Å²) in [6.45, 7) is 6.50. The van der Waals surface area contributed by atoms with Crippen molar-refractivity contribution in [2.45, 2.75) is 46.2 Å². The normalized spacial score (nSPS) is 15.4. The van der Waals surface area contributed by atoms with E-state index < -0.39 is 0 Å². The highest BCUT2D eigenvalue weighted by molar-refractivity contribution is 5.76. The van der Waals surface area contributed by atoms with Crippen molar-refractivity contribution in [1.82, 2.24) is 10.6 Å². The fourth-order valence-corrected chi connectivity index (χ4v) is 4.37. The number of halogens is 1. The Balaban J connectivity index is 1.63. The number of dihydropyridines is 1. The second kappa shape index (κ2) is 10.0. The van der Waals surface area contributed by atoms with Gasteiger partial charge in [0.1, 0.15) is 11.6 Å². The van der Waals surface area contributed by atoms with Gasteiger partial charge in [-0.05, 0) is 95.6 Å². The van der Waals surface area contributed by atoms with Crippen molar-refractivity contribution in [2.24, 2.45) is 0 Å². The molecule has 1 unspecified atom stereocenters. The van der Waals surface area contributed by atoms with Gasteiger partial charge in [0.25, 0.3) is 0 Å². The van der Waals surface area contributed by atoms with Crippen molar-refractivity contribution < 1.29 is 9.50 Å². The van der Waals surface area contributed by atoms with Crippen molar-refractivity contribution in [3.8, 4) is 5.75 Å². The molecule has 0 bridgehead atoms. The van der Waals surface area contributed by atoms with Crippen LogP contribution in [0.1, 0.15) is 52.8 Å². The van der Waals surface area contributed by atoms with Gasteiger partial charge in [0.15, 0.2) is 0 Å². The molecule has 4 nitrogen and oxygen atoms in total. The summed E-state index contributed by atoms with van der Waals surface area (Å²) in [5.74, 6) is 0.0821. The number of nitrogen functional groups attached to an aromatic ring is 1. The molecule has 0 aliphatic carbocycles. The van der Waals surface area contributed by atoms with Gasteiger partial charge in [0.05, 0.1) is 11.7 Å². The highest BCUT2D eigenvalue weighted by Gasteiger charge is 2.22. The molecule has 0 aromatic heterocycles. The molecule has 34 heavy (non-hydrogen) atoms. The third-order valence-electron chi connectivity index (χ3n) is 6.22. The molecule has 0 saturated carbocycles. The molecule has 5 N–H and O–H groups in total. The minimum absolute atomic E-state index is 0.121. The fraction of sp³-hybridized carbons (Fsp3) is 0.241. The van der Waals surface area contributed by atoms with Crippen LogP contribution < -0.4 is 16.4 Å². The summed E-state index contributed by atoms with van der Waals surface area (Å²) < 4.78 is 13.9. The first-order chi connectivity index (χ1) is 16.3. The van der Waals surface area contributed by atoms with Crippen LogP contribution in [-0.2, 0) is 13.0 Å². The van der Waals surface area contributed by atoms with Crippen LogP contribution >= 0.6 is 0 Å². The van der Waals surface area contributed by atoms with Crippen LogP contribution in [0.2, 0.25) is 0 Å². The number of allylic oxidation sites excluding steroid dienone is 1. The van der Waals surface area contributed by atoms with Crippen LogP contribution in [0.25, 0.3) is 5.57 Å². The van der Waals surface area contributed by atoms with E-state index in [1.165, 1.54) is 6.07 Å². The fourth-order valence-electron chi connectivity index (χ4n) is 4.37. The predicted molar refractivity (Wildman–Crippen MR) is 138 cm³/mol. The lowest BCUT2D eigenvalue weighted by Gasteiger charge is -2.28. The first-order valence-corrected chi connectivity index (χ1v) is 11.7. The van der Waals surface area contributed by atoms with Crippen molar-refractivity contribution in [3.63, 3.8) is 0 Å². The first kappa shape index (κ1) is 23.4. The SMILES string of the molecule is CCCc1cc(O)cc(CNC2=CNC(c3ccc(F)c(C)c3)C(c3ccc(N)c(C)c3)=C2)c1. The van der Waals surface area contributed by atoms with E-state index in [0.29, 0.717) is 17.9 Å². The predicted octanol–water partition coefficient (Wildman–Crippen LogP) is 6.04. The number of phenolic OH excluding ortho intramolecular Hbond substituents is 1. The van der Waals surface area contributed by atoms with Crippen LogP contribution in [0.5, 0.6) is 5.75 Å². The molecule has 3 aromatic carbocycles. The number of aromatic hydroxyl groups is 1.